The molecule has 52 heavy (non-hydrogen) atoms. The van der Waals surface area contributed by atoms with Gasteiger partial charge in [-0.2, -0.15) is 5.10 Å². The van der Waals surface area contributed by atoms with Crippen LogP contribution in [0.3, 0.4) is 0 Å². The quantitative estimate of drug-likeness (QED) is 0.166. The first-order valence-corrected chi connectivity index (χ1v) is 18.7. The van der Waals surface area contributed by atoms with E-state index >= 15 is 0 Å². The van der Waals surface area contributed by atoms with Crippen molar-refractivity contribution in [1.82, 2.24) is 35.2 Å². The second kappa shape index (κ2) is 17.3. The molecule has 2 aliphatic rings. The van der Waals surface area contributed by atoms with Gasteiger partial charge < -0.3 is 25.6 Å². The molecule has 2 aromatic carbocycles. The number of rotatable bonds is 13. The van der Waals surface area contributed by atoms with Crippen LogP contribution >= 0.6 is 11.6 Å². The van der Waals surface area contributed by atoms with E-state index in [4.69, 9.17) is 21.3 Å². The predicted molar refractivity (Wildman–Crippen MR) is 203 cm³/mol. The number of halogens is 1. The number of piperazine rings is 1. The van der Waals surface area contributed by atoms with Gasteiger partial charge in [0, 0.05) is 100 Å². The van der Waals surface area contributed by atoms with Crippen molar-refractivity contribution in [1.29, 1.82) is 0 Å². The highest BCUT2D eigenvalue weighted by Gasteiger charge is 2.23. The molecule has 3 N–H and O–H groups in total. The smallest absolute Gasteiger partial charge is 0.229 e. The van der Waals surface area contributed by atoms with Gasteiger partial charge in [0.1, 0.15) is 6.42 Å². The maximum absolute atomic E-state index is 13.1. The highest BCUT2D eigenvalue weighted by atomic mass is 35.5. The van der Waals surface area contributed by atoms with E-state index in [2.05, 4.69) is 45.0 Å². The third kappa shape index (κ3) is 9.09. The fourth-order valence-corrected chi connectivity index (χ4v) is 7.21. The lowest BCUT2D eigenvalue weighted by Gasteiger charge is -2.34. The van der Waals surface area contributed by atoms with Crippen molar-refractivity contribution in [2.24, 2.45) is 0 Å². The second-order valence-electron chi connectivity index (χ2n) is 13.5. The summed E-state index contributed by atoms with van der Waals surface area (Å²) >= 11 is 6.66. The minimum absolute atomic E-state index is 0.122. The Labute approximate surface area is 310 Å². The molecule has 0 unspecified atom stereocenters. The van der Waals surface area contributed by atoms with E-state index in [0.717, 1.165) is 90.2 Å². The maximum Gasteiger partial charge on any atom is 0.229 e. The van der Waals surface area contributed by atoms with E-state index in [1.807, 2.05) is 53.0 Å². The summed E-state index contributed by atoms with van der Waals surface area (Å²) in [5.74, 6) is -0.607. The van der Waals surface area contributed by atoms with Crippen molar-refractivity contribution in [2.45, 2.75) is 78.7 Å². The number of hydrogen-bond acceptors (Lipinski definition) is 8. The topological polar surface area (TPSA) is 134 Å². The number of ether oxygens (including phenoxy) is 1. The van der Waals surface area contributed by atoms with Crippen LogP contribution in [0.2, 0.25) is 5.02 Å². The molecule has 12 nitrogen and oxygen atoms in total. The lowest BCUT2D eigenvalue weighted by molar-refractivity contribution is -0.131. The fraction of sp³-hybridized carbons (Fsp3) is 0.462. The number of benzene rings is 2. The number of pyridine rings is 1. The summed E-state index contributed by atoms with van der Waals surface area (Å²) in [5.41, 5.74) is 7.47. The van der Waals surface area contributed by atoms with Crippen molar-refractivity contribution in [3.8, 4) is 11.1 Å². The number of carbonyl (C=O) groups excluding carboxylic acids is 3. The highest BCUT2D eigenvalue weighted by molar-refractivity contribution is 6.33. The van der Waals surface area contributed by atoms with Gasteiger partial charge in [-0.25, -0.2) is 9.67 Å². The molecule has 0 atom stereocenters. The third-order valence-electron chi connectivity index (χ3n) is 9.94. The van der Waals surface area contributed by atoms with Crippen molar-refractivity contribution >= 4 is 46.0 Å². The van der Waals surface area contributed by atoms with Crippen LogP contribution in [-0.4, -0.2) is 87.7 Å². The molecule has 13 heteroatoms. The standard InChI is InChI=1S/C39H49ClN8O4/c1-4-35-32(38(44-30-11-17-52-18-12-30)33-24-43-48(5-2)39(33)45-35)23-42-37(51)21-36(50)41-22-27-9-10-34(40)31(20-27)29-8-6-7-28(19-29)25-46-13-15-47(16-14-46)26(3)49/h6-10,19-20,24,30H,4-5,11-18,21-23,25H2,1-3H3,(H,41,50)(H,42,51)(H,44,45). The number of hydrogen-bond donors (Lipinski definition) is 3. The zero-order valence-electron chi connectivity index (χ0n) is 30.3. The number of fused-ring (bicyclic) bond motifs is 1. The fourth-order valence-electron chi connectivity index (χ4n) is 6.98. The van der Waals surface area contributed by atoms with Gasteiger partial charge in [-0.05, 0) is 61.1 Å². The predicted octanol–water partition coefficient (Wildman–Crippen LogP) is 4.91. The first-order chi connectivity index (χ1) is 25.2. The van der Waals surface area contributed by atoms with Crippen LogP contribution in [-0.2, 0) is 51.7 Å². The van der Waals surface area contributed by atoms with Gasteiger partial charge in [0.25, 0.3) is 0 Å². The molecule has 276 valence electrons. The zero-order chi connectivity index (χ0) is 36.6. The largest absolute Gasteiger partial charge is 0.381 e. The minimum atomic E-state index is -0.366. The number of amides is 3. The first-order valence-electron chi connectivity index (χ1n) is 18.3. The van der Waals surface area contributed by atoms with Crippen LogP contribution in [0, 0.1) is 0 Å². The molecule has 4 heterocycles. The van der Waals surface area contributed by atoms with Gasteiger partial charge in [-0.1, -0.05) is 42.8 Å². The van der Waals surface area contributed by atoms with Crippen LogP contribution in [0.5, 0.6) is 0 Å². The Bertz CT molecular complexity index is 1900. The molecule has 0 aliphatic carbocycles. The molecular formula is C39H49ClN8O4. The van der Waals surface area contributed by atoms with Gasteiger partial charge in [-0.15, -0.1) is 0 Å². The lowest BCUT2D eigenvalue weighted by Crippen LogP contribution is -2.47. The van der Waals surface area contributed by atoms with Crippen molar-refractivity contribution in [2.75, 3.05) is 44.7 Å². The summed E-state index contributed by atoms with van der Waals surface area (Å²) in [5, 5.41) is 15.7. The average Bonchev–Trinajstić information content (AvgIpc) is 3.57. The number of aryl methyl sites for hydroxylation is 2. The van der Waals surface area contributed by atoms with E-state index < -0.39 is 0 Å². The first kappa shape index (κ1) is 37.2. The molecular weight excluding hydrogens is 680 g/mol. The summed E-state index contributed by atoms with van der Waals surface area (Å²) < 4.78 is 7.46. The summed E-state index contributed by atoms with van der Waals surface area (Å²) in [4.78, 5) is 46.9. The molecule has 0 spiro atoms. The van der Waals surface area contributed by atoms with Crippen LogP contribution in [0.15, 0.2) is 48.7 Å². The SMILES string of the molecule is CCc1nc2c(cnn2CC)c(NC2CCOCC2)c1CNC(=O)CC(=O)NCc1ccc(Cl)c(-c2cccc(CN3CCN(C(C)=O)CC3)c2)c1. The third-order valence-corrected chi connectivity index (χ3v) is 10.3. The van der Waals surface area contributed by atoms with Crippen LogP contribution in [0.4, 0.5) is 5.69 Å². The van der Waals surface area contributed by atoms with Crippen molar-refractivity contribution in [3.63, 3.8) is 0 Å². The Morgan fingerprint density at radius 2 is 1.69 bits per heavy atom. The van der Waals surface area contributed by atoms with Crippen LogP contribution in [0.1, 0.15) is 62.4 Å². The highest BCUT2D eigenvalue weighted by Crippen LogP contribution is 2.32. The number of aromatic nitrogens is 3. The van der Waals surface area contributed by atoms with E-state index in [1.54, 1.807) is 6.92 Å². The molecule has 2 fully saturated rings. The number of nitrogens with zero attached hydrogens (tertiary/aromatic N) is 5. The number of carbonyl (C=O) groups is 3. The molecule has 0 radical (unpaired) electrons. The Kier molecular flexibility index (Phi) is 12.4. The Morgan fingerprint density at radius 3 is 2.40 bits per heavy atom. The Morgan fingerprint density at radius 1 is 0.942 bits per heavy atom. The molecule has 2 aliphatic heterocycles. The van der Waals surface area contributed by atoms with E-state index in [0.29, 0.717) is 31.2 Å². The molecule has 0 bridgehead atoms. The molecule has 6 rings (SSSR count). The normalized spacial score (nSPS) is 15.5. The lowest BCUT2D eigenvalue weighted by atomic mass is 10.0. The molecule has 2 aromatic heterocycles. The van der Waals surface area contributed by atoms with Gasteiger partial charge >= 0.3 is 0 Å². The summed E-state index contributed by atoms with van der Waals surface area (Å²) in [6.07, 6.45) is 4.01. The van der Waals surface area contributed by atoms with Crippen LogP contribution < -0.4 is 16.0 Å². The van der Waals surface area contributed by atoms with E-state index in [9.17, 15) is 14.4 Å². The number of nitrogens with one attached hydrogen (secondary N) is 3. The molecule has 3 amide bonds. The van der Waals surface area contributed by atoms with E-state index in [1.165, 1.54) is 5.56 Å². The van der Waals surface area contributed by atoms with Crippen molar-refractivity contribution < 1.29 is 19.1 Å². The van der Waals surface area contributed by atoms with Gasteiger partial charge in [0.05, 0.1) is 17.3 Å². The zero-order valence-corrected chi connectivity index (χ0v) is 31.1. The van der Waals surface area contributed by atoms with Crippen molar-refractivity contribution in [3.05, 3.63) is 76.1 Å². The molecule has 0 saturated carbocycles. The van der Waals surface area contributed by atoms with Gasteiger partial charge in [-0.3, -0.25) is 19.3 Å². The Hall–Kier alpha value is -4.52. The van der Waals surface area contributed by atoms with Gasteiger partial charge in [0.15, 0.2) is 5.65 Å². The second-order valence-corrected chi connectivity index (χ2v) is 13.9. The van der Waals surface area contributed by atoms with E-state index in [-0.39, 0.29) is 43.3 Å². The van der Waals surface area contributed by atoms with Crippen LogP contribution in [0.25, 0.3) is 22.2 Å². The van der Waals surface area contributed by atoms with Gasteiger partial charge in [0.2, 0.25) is 17.7 Å². The summed E-state index contributed by atoms with van der Waals surface area (Å²) in [6, 6.07) is 14.2. The summed E-state index contributed by atoms with van der Waals surface area (Å²) in [6.45, 7) is 12.3. The monoisotopic (exact) mass is 728 g/mol. The minimum Gasteiger partial charge on any atom is -0.381 e. The Balaban J connectivity index is 1.06. The molecule has 4 aromatic rings. The molecule has 2 saturated heterocycles. The maximum atomic E-state index is 13.1. The number of anilines is 1. The summed E-state index contributed by atoms with van der Waals surface area (Å²) in [7, 11) is 0. The average molecular weight is 729 g/mol.